The fraction of sp³-hybridized carbons (Fsp3) is 0.227. The minimum absolute atomic E-state index is 0.127. The monoisotopic (exact) mass is 498 g/mol. The molecule has 0 spiro atoms. The lowest BCUT2D eigenvalue weighted by Gasteiger charge is -2.14. The Hall–Kier alpha value is -2.98. The van der Waals surface area contributed by atoms with Crippen molar-refractivity contribution in [1.29, 1.82) is 0 Å². The number of aromatic nitrogens is 1. The second-order valence-electron chi connectivity index (χ2n) is 6.90. The Morgan fingerprint density at radius 2 is 1.91 bits per heavy atom. The molecule has 0 aliphatic heterocycles. The number of carbonyl (C=O) groups excluding carboxylic acids is 2. The van der Waals surface area contributed by atoms with Gasteiger partial charge in [0.2, 0.25) is 0 Å². The number of anilines is 1. The minimum Gasteiger partial charge on any atom is -0.452 e. The molecule has 1 heterocycles. The second-order valence-corrected chi connectivity index (χ2v) is 8.35. The molecule has 1 amide bonds. The summed E-state index contributed by atoms with van der Waals surface area (Å²) in [5, 5.41) is 5.87. The van der Waals surface area contributed by atoms with Gasteiger partial charge in [0, 0.05) is 21.2 Å². The molecule has 6 nitrogen and oxygen atoms in total. The number of alkyl halides is 3. The highest BCUT2D eigenvalue weighted by atomic mass is 35.5. The number of rotatable bonds is 7. The number of amides is 1. The highest BCUT2D eigenvalue weighted by molar-refractivity contribution is 7.98. The molecule has 0 saturated heterocycles. The molecule has 0 bridgehead atoms. The predicted molar refractivity (Wildman–Crippen MR) is 117 cm³/mol. The zero-order valence-electron chi connectivity index (χ0n) is 17.5. The van der Waals surface area contributed by atoms with E-state index < -0.39 is 35.9 Å². The number of ether oxygens (including phenoxy) is 1. The first-order chi connectivity index (χ1) is 15.6. The van der Waals surface area contributed by atoms with Crippen molar-refractivity contribution in [2.75, 3.05) is 11.9 Å². The number of hydrogen-bond acceptors (Lipinski definition) is 6. The molecule has 33 heavy (non-hydrogen) atoms. The summed E-state index contributed by atoms with van der Waals surface area (Å²) < 4.78 is 49.7. The van der Waals surface area contributed by atoms with E-state index in [0.29, 0.717) is 22.5 Å². The van der Waals surface area contributed by atoms with E-state index >= 15 is 0 Å². The first-order valence-corrected chi connectivity index (χ1v) is 10.9. The number of esters is 1. The predicted octanol–water partition coefficient (Wildman–Crippen LogP) is 6.05. The van der Waals surface area contributed by atoms with Gasteiger partial charge in [-0.1, -0.05) is 28.9 Å². The van der Waals surface area contributed by atoms with Crippen LogP contribution in [0.15, 0.2) is 51.9 Å². The normalized spacial score (nSPS) is 11.3. The van der Waals surface area contributed by atoms with Gasteiger partial charge in [0.05, 0.1) is 22.5 Å². The Kier molecular flexibility index (Phi) is 7.70. The molecule has 0 saturated carbocycles. The van der Waals surface area contributed by atoms with Gasteiger partial charge in [0.25, 0.3) is 5.91 Å². The van der Waals surface area contributed by atoms with Crippen LogP contribution in [-0.2, 0) is 21.5 Å². The number of nitrogens with zero attached hydrogens (tertiary/aromatic N) is 1. The number of thioether (sulfide) groups is 1. The van der Waals surface area contributed by atoms with Gasteiger partial charge in [-0.05, 0) is 44.2 Å². The van der Waals surface area contributed by atoms with E-state index in [1.54, 1.807) is 25.1 Å². The number of benzene rings is 2. The van der Waals surface area contributed by atoms with Crippen LogP contribution in [-0.4, -0.2) is 23.6 Å². The minimum atomic E-state index is -4.72. The van der Waals surface area contributed by atoms with Crippen LogP contribution in [0.3, 0.4) is 0 Å². The topological polar surface area (TPSA) is 81.4 Å². The van der Waals surface area contributed by atoms with Crippen LogP contribution < -0.4 is 5.32 Å². The molecule has 11 heteroatoms. The summed E-state index contributed by atoms with van der Waals surface area (Å²) in [5.74, 6) is -0.517. The Bertz CT molecular complexity index is 1160. The van der Waals surface area contributed by atoms with Crippen molar-refractivity contribution in [3.05, 3.63) is 75.6 Å². The van der Waals surface area contributed by atoms with Crippen LogP contribution in [0.1, 0.15) is 32.9 Å². The molecule has 174 valence electrons. The maximum atomic E-state index is 13.2. The summed E-state index contributed by atoms with van der Waals surface area (Å²) >= 11 is 6.99. The lowest BCUT2D eigenvalue weighted by Crippen LogP contribution is -2.23. The van der Waals surface area contributed by atoms with Crippen LogP contribution in [0.4, 0.5) is 18.9 Å². The Balaban J connectivity index is 1.64. The molecule has 0 aliphatic rings. The maximum Gasteiger partial charge on any atom is 0.418 e. The number of nitrogens with one attached hydrogen (secondary N) is 1. The molecule has 2 aromatic carbocycles. The lowest BCUT2D eigenvalue weighted by atomic mass is 10.1. The molecular formula is C22H18ClF3N2O4S. The van der Waals surface area contributed by atoms with E-state index in [9.17, 15) is 22.8 Å². The zero-order valence-corrected chi connectivity index (χ0v) is 19.0. The summed E-state index contributed by atoms with van der Waals surface area (Å²) in [7, 11) is 0. The fourth-order valence-corrected chi connectivity index (χ4v) is 4.24. The third-order valence-electron chi connectivity index (χ3n) is 4.56. The van der Waals surface area contributed by atoms with Crippen LogP contribution in [0.5, 0.6) is 0 Å². The van der Waals surface area contributed by atoms with Crippen molar-refractivity contribution in [1.82, 2.24) is 5.16 Å². The Morgan fingerprint density at radius 1 is 1.18 bits per heavy atom. The number of carbonyl (C=O) groups is 2. The highest BCUT2D eigenvalue weighted by Crippen LogP contribution is 2.36. The molecule has 0 aliphatic carbocycles. The summed E-state index contributed by atoms with van der Waals surface area (Å²) in [6.45, 7) is 2.84. The Morgan fingerprint density at radius 3 is 2.58 bits per heavy atom. The van der Waals surface area contributed by atoms with Gasteiger partial charge in [-0.25, -0.2) is 4.79 Å². The van der Waals surface area contributed by atoms with E-state index in [1.807, 2.05) is 6.92 Å². The highest BCUT2D eigenvalue weighted by Gasteiger charge is 2.34. The van der Waals surface area contributed by atoms with E-state index in [0.717, 1.165) is 17.3 Å². The van der Waals surface area contributed by atoms with Crippen LogP contribution in [0.2, 0.25) is 5.02 Å². The smallest absolute Gasteiger partial charge is 0.418 e. The first kappa shape index (κ1) is 24.7. The van der Waals surface area contributed by atoms with Crippen LogP contribution >= 0.6 is 23.4 Å². The fourth-order valence-electron chi connectivity index (χ4n) is 2.87. The van der Waals surface area contributed by atoms with Gasteiger partial charge >= 0.3 is 12.1 Å². The van der Waals surface area contributed by atoms with E-state index in [-0.39, 0.29) is 10.6 Å². The van der Waals surface area contributed by atoms with Gasteiger partial charge in [0.15, 0.2) is 6.61 Å². The van der Waals surface area contributed by atoms with Crippen molar-refractivity contribution >= 4 is 40.9 Å². The first-order valence-electron chi connectivity index (χ1n) is 9.53. The molecule has 0 fully saturated rings. The number of halogens is 4. The summed E-state index contributed by atoms with van der Waals surface area (Å²) in [6, 6.07) is 9.60. The second kappa shape index (κ2) is 10.3. The molecule has 0 unspecified atom stereocenters. The third kappa shape index (κ3) is 6.29. The van der Waals surface area contributed by atoms with Gasteiger partial charge in [-0.3, -0.25) is 4.79 Å². The molecular weight excluding hydrogens is 481 g/mol. The quantitative estimate of drug-likeness (QED) is 0.315. The maximum absolute atomic E-state index is 13.2. The summed E-state index contributed by atoms with van der Waals surface area (Å²) in [5.41, 5.74) is 0.298. The molecule has 1 aromatic heterocycles. The molecule has 3 rings (SSSR count). The van der Waals surface area contributed by atoms with Gasteiger partial charge in [-0.15, -0.1) is 11.8 Å². The van der Waals surface area contributed by atoms with Crippen molar-refractivity contribution in [3.8, 4) is 0 Å². The van der Waals surface area contributed by atoms with Gasteiger partial charge < -0.3 is 14.6 Å². The summed E-state index contributed by atoms with van der Waals surface area (Å²) in [6.07, 6.45) is -4.72. The van der Waals surface area contributed by atoms with E-state index in [2.05, 4.69) is 10.5 Å². The van der Waals surface area contributed by atoms with Crippen molar-refractivity contribution in [3.63, 3.8) is 0 Å². The number of aryl methyl sites for hydroxylation is 2. The average Bonchev–Trinajstić information content (AvgIpc) is 3.08. The standard InChI is InChI=1S/C22H18ClF3N2O4S/c1-12-16(13(2)32-28-12)11-33-19-6-4-3-5-15(19)21(30)31-10-20(29)27-18-8-7-14(23)9-17(18)22(24,25)26/h3-9H,10-11H2,1-2H3,(H,27,29). The van der Waals surface area contributed by atoms with Gasteiger partial charge in [0.1, 0.15) is 5.76 Å². The zero-order chi connectivity index (χ0) is 24.2. The van der Waals surface area contributed by atoms with Crippen LogP contribution in [0.25, 0.3) is 0 Å². The van der Waals surface area contributed by atoms with Crippen molar-refractivity contribution < 1.29 is 32.0 Å². The van der Waals surface area contributed by atoms with Crippen LogP contribution in [0, 0.1) is 13.8 Å². The largest absolute Gasteiger partial charge is 0.452 e. The molecule has 3 aromatic rings. The van der Waals surface area contributed by atoms with E-state index in [4.69, 9.17) is 20.9 Å². The summed E-state index contributed by atoms with van der Waals surface area (Å²) in [4.78, 5) is 25.3. The van der Waals surface area contributed by atoms with Crippen molar-refractivity contribution in [2.24, 2.45) is 0 Å². The van der Waals surface area contributed by atoms with E-state index in [1.165, 1.54) is 23.9 Å². The van der Waals surface area contributed by atoms with Crippen molar-refractivity contribution in [2.45, 2.75) is 30.7 Å². The number of hydrogen-bond donors (Lipinski definition) is 1. The molecule has 1 N–H and O–H groups in total. The molecule has 0 radical (unpaired) electrons. The lowest BCUT2D eigenvalue weighted by molar-refractivity contribution is -0.137. The molecule has 0 atom stereocenters. The van der Waals surface area contributed by atoms with Gasteiger partial charge in [-0.2, -0.15) is 13.2 Å². The average molecular weight is 499 g/mol. The third-order valence-corrected chi connectivity index (χ3v) is 5.89. The Labute approximate surface area is 196 Å². The SMILES string of the molecule is Cc1noc(C)c1CSc1ccccc1C(=O)OCC(=O)Nc1ccc(Cl)cc1C(F)(F)F.